The van der Waals surface area contributed by atoms with E-state index in [9.17, 15) is 9.18 Å². The smallest absolute Gasteiger partial charge is 0.228 e. The molecule has 4 N–H and O–H groups in total. The summed E-state index contributed by atoms with van der Waals surface area (Å²) in [5, 5.41) is 9.63. The van der Waals surface area contributed by atoms with E-state index < -0.39 is 0 Å². The molecule has 4 nitrogen and oxygen atoms in total. The molecule has 1 rings (SSSR count). The van der Waals surface area contributed by atoms with E-state index in [4.69, 9.17) is 11.1 Å². The Morgan fingerprint density at radius 2 is 2.06 bits per heavy atom. The summed E-state index contributed by atoms with van der Waals surface area (Å²) >= 11 is 0. The number of benzene rings is 1. The summed E-state index contributed by atoms with van der Waals surface area (Å²) in [6.07, 6.45) is -0.120. The first-order valence-corrected chi connectivity index (χ1v) is 4.86. The molecule has 86 valence electrons. The molecule has 0 saturated carbocycles. The first-order valence-electron chi connectivity index (χ1n) is 4.86. The van der Waals surface area contributed by atoms with E-state index in [1.165, 1.54) is 12.1 Å². The molecule has 1 atom stereocenters. The van der Waals surface area contributed by atoms with E-state index in [1.807, 2.05) is 0 Å². The van der Waals surface area contributed by atoms with Gasteiger partial charge < -0.3 is 11.1 Å². The molecule has 16 heavy (non-hydrogen) atoms. The molecule has 0 bridgehead atoms. The SMILES string of the molecule is C[C@@H](NC(=O)CC(=N)N)c1ccc(F)cc1. The van der Waals surface area contributed by atoms with Gasteiger partial charge in [-0.15, -0.1) is 0 Å². The van der Waals surface area contributed by atoms with E-state index in [-0.39, 0.29) is 30.0 Å². The van der Waals surface area contributed by atoms with Crippen molar-refractivity contribution >= 4 is 11.7 Å². The lowest BCUT2D eigenvalue weighted by molar-refractivity contribution is -0.120. The highest BCUT2D eigenvalue weighted by molar-refractivity contribution is 5.97. The fourth-order valence-corrected chi connectivity index (χ4v) is 1.30. The molecule has 0 unspecified atom stereocenters. The highest BCUT2D eigenvalue weighted by atomic mass is 19.1. The second-order valence-corrected chi connectivity index (χ2v) is 3.54. The van der Waals surface area contributed by atoms with Crippen molar-refractivity contribution in [3.8, 4) is 0 Å². The van der Waals surface area contributed by atoms with Gasteiger partial charge in [-0.2, -0.15) is 0 Å². The number of rotatable bonds is 4. The zero-order chi connectivity index (χ0) is 12.1. The van der Waals surface area contributed by atoms with Crippen LogP contribution in [0.1, 0.15) is 24.9 Å². The number of hydrogen-bond donors (Lipinski definition) is 3. The van der Waals surface area contributed by atoms with Crippen LogP contribution in [0.5, 0.6) is 0 Å². The van der Waals surface area contributed by atoms with Crippen molar-refractivity contribution in [3.63, 3.8) is 0 Å². The zero-order valence-corrected chi connectivity index (χ0v) is 8.96. The van der Waals surface area contributed by atoms with E-state index >= 15 is 0 Å². The maximum atomic E-state index is 12.7. The number of amides is 1. The number of nitrogens with one attached hydrogen (secondary N) is 2. The molecule has 1 aromatic rings. The molecule has 0 aliphatic heterocycles. The molecule has 1 amide bonds. The van der Waals surface area contributed by atoms with E-state index in [2.05, 4.69) is 5.32 Å². The lowest BCUT2D eigenvalue weighted by Crippen LogP contribution is -2.30. The average Bonchev–Trinajstić information content (AvgIpc) is 2.16. The van der Waals surface area contributed by atoms with E-state index in [0.717, 1.165) is 5.56 Å². The standard InChI is InChI=1S/C11H14FN3O/c1-7(15-11(16)6-10(13)14)8-2-4-9(12)5-3-8/h2-5,7H,6H2,1H3,(H3,13,14)(H,15,16)/t7-/m1/s1. The Hall–Kier alpha value is -1.91. The Kier molecular flexibility index (Phi) is 3.99. The van der Waals surface area contributed by atoms with Gasteiger partial charge in [-0.25, -0.2) is 4.39 Å². The third-order valence-electron chi connectivity index (χ3n) is 2.10. The van der Waals surface area contributed by atoms with Crippen LogP contribution < -0.4 is 11.1 Å². The summed E-state index contributed by atoms with van der Waals surface area (Å²) in [7, 11) is 0. The topological polar surface area (TPSA) is 79.0 Å². The van der Waals surface area contributed by atoms with Crippen LogP contribution in [0.4, 0.5) is 4.39 Å². The van der Waals surface area contributed by atoms with Gasteiger partial charge in [0.25, 0.3) is 0 Å². The number of carbonyl (C=O) groups excluding carboxylic acids is 1. The molecule has 0 aromatic heterocycles. The summed E-state index contributed by atoms with van der Waals surface area (Å²) in [5.74, 6) is -0.806. The minimum absolute atomic E-state index is 0.120. The predicted octanol–water partition coefficient (Wildman–Crippen LogP) is 1.33. The van der Waals surface area contributed by atoms with Crippen molar-refractivity contribution in [2.75, 3.05) is 0 Å². The van der Waals surface area contributed by atoms with Gasteiger partial charge in [0.1, 0.15) is 5.82 Å². The first kappa shape index (κ1) is 12.2. The second-order valence-electron chi connectivity index (χ2n) is 3.54. The van der Waals surface area contributed by atoms with Crippen LogP contribution in [0, 0.1) is 11.2 Å². The molecule has 1 aromatic carbocycles. The minimum atomic E-state index is -0.315. The van der Waals surface area contributed by atoms with Crippen LogP contribution in [-0.2, 0) is 4.79 Å². The number of carbonyl (C=O) groups is 1. The average molecular weight is 223 g/mol. The summed E-state index contributed by atoms with van der Waals surface area (Å²) in [5.41, 5.74) is 5.90. The highest BCUT2D eigenvalue weighted by Gasteiger charge is 2.10. The molecule has 0 radical (unpaired) electrons. The molecule has 0 aliphatic rings. The van der Waals surface area contributed by atoms with Crippen LogP contribution >= 0.6 is 0 Å². The van der Waals surface area contributed by atoms with Gasteiger partial charge >= 0.3 is 0 Å². The van der Waals surface area contributed by atoms with Crippen molar-refractivity contribution < 1.29 is 9.18 Å². The molecule has 0 fully saturated rings. The van der Waals surface area contributed by atoms with Crippen molar-refractivity contribution in [1.29, 1.82) is 5.41 Å². The zero-order valence-electron chi connectivity index (χ0n) is 8.96. The summed E-state index contributed by atoms with van der Waals surface area (Å²) < 4.78 is 12.7. The Morgan fingerprint density at radius 3 is 2.56 bits per heavy atom. The van der Waals surface area contributed by atoms with Crippen LogP contribution in [0.25, 0.3) is 0 Å². The maximum absolute atomic E-state index is 12.7. The second kappa shape index (κ2) is 5.25. The van der Waals surface area contributed by atoms with Crippen LogP contribution in [-0.4, -0.2) is 11.7 Å². The molecule has 0 heterocycles. The van der Waals surface area contributed by atoms with Gasteiger partial charge in [0.05, 0.1) is 18.3 Å². The number of amidine groups is 1. The van der Waals surface area contributed by atoms with Crippen LogP contribution in [0.2, 0.25) is 0 Å². The van der Waals surface area contributed by atoms with Crippen LogP contribution in [0.15, 0.2) is 24.3 Å². The molecular formula is C11H14FN3O. The normalized spacial score (nSPS) is 11.9. The van der Waals surface area contributed by atoms with Gasteiger partial charge in [-0.1, -0.05) is 12.1 Å². The minimum Gasteiger partial charge on any atom is -0.387 e. The van der Waals surface area contributed by atoms with E-state index in [0.29, 0.717) is 0 Å². The number of halogens is 1. The molecule has 0 aliphatic carbocycles. The highest BCUT2D eigenvalue weighted by Crippen LogP contribution is 2.12. The Bertz CT molecular complexity index is 389. The van der Waals surface area contributed by atoms with Gasteiger partial charge in [-0.05, 0) is 24.6 Å². The monoisotopic (exact) mass is 223 g/mol. The van der Waals surface area contributed by atoms with Crippen molar-refractivity contribution in [1.82, 2.24) is 5.32 Å². The number of hydrogen-bond acceptors (Lipinski definition) is 2. The third kappa shape index (κ3) is 3.68. The summed E-state index contributed by atoms with van der Waals surface area (Å²) in [6, 6.07) is 5.65. The van der Waals surface area contributed by atoms with Gasteiger partial charge in [0.2, 0.25) is 5.91 Å². The predicted molar refractivity (Wildman–Crippen MR) is 59.5 cm³/mol. The Balaban J connectivity index is 2.58. The Labute approximate surface area is 93.2 Å². The van der Waals surface area contributed by atoms with Crippen molar-refractivity contribution in [2.45, 2.75) is 19.4 Å². The Morgan fingerprint density at radius 1 is 1.50 bits per heavy atom. The number of nitrogens with two attached hydrogens (primary N) is 1. The fourth-order valence-electron chi connectivity index (χ4n) is 1.30. The third-order valence-corrected chi connectivity index (χ3v) is 2.10. The largest absolute Gasteiger partial charge is 0.387 e. The van der Waals surface area contributed by atoms with Crippen LogP contribution in [0.3, 0.4) is 0 Å². The van der Waals surface area contributed by atoms with Gasteiger partial charge in [0, 0.05) is 0 Å². The van der Waals surface area contributed by atoms with Crippen molar-refractivity contribution in [3.05, 3.63) is 35.6 Å². The quantitative estimate of drug-likeness (QED) is 0.531. The van der Waals surface area contributed by atoms with Gasteiger partial charge in [-0.3, -0.25) is 10.2 Å². The lowest BCUT2D eigenvalue weighted by Gasteiger charge is -2.13. The molecule has 5 heteroatoms. The molecule has 0 spiro atoms. The van der Waals surface area contributed by atoms with Crippen molar-refractivity contribution in [2.24, 2.45) is 5.73 Å². The van der Waals surface area contributed by atoms with Gasteiger partial charge in [0.15, 0.2) is 0 Å². The maximum Gasteiger partial charge on any atom is 0.228 e. The molecular weight excluding hydrogens is 209 g/mol. The van der Waals surface area contributed by atoms with E-state index in [1.54, 1.807) is 19.1 Å². The first-order chi connectivity index (χ1) is 7.49. The summed E-state index contributed by atoms with van der Waals surface area (Å²) in [6.45, 7) is 1.78. The summed E-state index contributed by atoms with van der Waals surface area (Å²) in [4.78, 5) is 11.3. The molecule has 0 saturated heterocycles. The fraction of sp³-hybridized carbons (Fsp3) is 0.273. The lowest BCUT2D eigenvalue weighted by atomic mass is 10.1.